The van der Waals surface area contributed by atoms with Crippen molar-refractivity contribution in [1.29, 1.82) is 0 Å². The Morgan fingerprint density at radius 3 is 1.92 bits per heavy atom. The molecule has 0 unspecified atom stereocenters. The summed E-state index contributed by atoms with van der Waals surface area (Å²) in [5.41, 5.74) is 2.55. The number of nitrogens with zero attached hydrogens (tertiary/aromatic N) is 8. The van der Waals surface area contributed by atoms with E-state index in [0.717, 1.165) is 31.4 Å². The fourth-order valence-electron chi connectivity index (χ4n) is 2.72. The van der Waals surface area contributed by atoms with Gasteiger partial charge in [-0.1, -0.05) is 23.2 Å². The molecule has 4 rings (SSSR count). The van der Waals surface area contributed by atoms with Gasteiger partial charge in [0.1, 0.15) is 11.0 Å². The van der Waals surface area contributed by atoms with E-state index in [0.29, 0.717) is 30.9 Å². The number of hydrogen-bond donors (Lipinski definition) is 0. The van der Waals surface area contributed by atoms with Crippen LogP contribution in [0.4, 0.5) is 0 Å². The summed E-state index contributed by atoms with van der Waals surface area (Å²) < 4.78 is 4.48. The van der Waals surface area contributed by atoms with Crippen LogP contribution < -0.4 is 0 Å². The lowest BCUT2D eigenvalue weighted by Gasteiger charge is -2.07. The van der Waals surface area contributed by atoms with Crippen LogP contribution in [0.15, 0.2) is 12.7 Å². The smallest absolute Gasteiger partial charge is 0.225 e. The van der Waals surface area contributed by atoms with Gasteiger partial charge in [-0.15, -0.1) is 0 Å². The number of aromatic nitrogens is 8. The number of fused-ring (bicyclic) bond motifs is 2. The molecule has 4 heterocycles. The zero-order chi connectivity index (χ0) is 18.3. The quantitative estimate of drug-likeness (QED) is 0.170. The summed E-state index contributed by atoms with van der Waals surface area (Å²) in [5.74, 6) is 0. The number of imidazole rings is 2. The molecule has 0 bridgehead atoms. The van der Waals surface area contributed by atoms with Gasteiger partial charge < -0.3 is 9.13 Å². The molecular formula is C14H10Cl3IN8. The highest BCUT2D eigenvalue weighted by Crippen LogP contribution is 2.23. The van der Waals surface area contributed by atoms with E-state index in [4.69, 9.17) is 34.8 Å². The van der Waals surface area contributed by atoms with Crippen molar-refractivity contribution in [2.45, 2.75) is 25.9 Å². The Morgan fingerprint density at radius 2 is 1.31 bits per heavy atom. The highest BCUT2D eigenvalue weighted by molar-refractivity contribution is 14.1. The summed E-state index contributed by atoms with van der Waals surface area (Å²) in [5, 5.41) is 0.809. The summed E-state index contributed by atoms with van der Waals surface area (Å²) in [6, 6.07) is 0. The molecular weight excluding hydrogens is 513 g/mol. The van der Waals surface area contributed by atoms with Gasteiger partial charge in [0, 0.05) is 35.7 Å². The van der Waals surface area contributed by atoms with Crippen LogP contribution in [0.25, 0.3) is 22.3 Å². The maximum absolute atomic E-state index is 6.23. The zero-order valence-electron chi connectivity index (χ0n) is 13.1. The number of hydrogen-bond acceptors (Lipinski definition) is 6. The summed E-state index contributed by atoms with van der Waals surface area (Å²) in [6.45, 7) is 1.48. The van der Waals surface area contributed by atoms with E-state index in [9.17, 15) is 0 Å². The van der Waals surface area contributed by atoms with Crippen molar-refractivity contribution in [3.63, 3.8) is 0 Å². The molecule has 0 spiro atoms. The SMILES string of the molecule is Clc1nc(Cl)c2c(ncn2CCCCn2cnc3nc(I)nc(Cl)c32)n1. The number of rotatable bonds is 5. The van der Waals surface area contributed by atoms with Gasteiger partial charge in [0.25, 0.3) is 0 Å². The maximum Gasteiger partial charge on any atom is 0.225 e. The molecule has 12 heteroatoms. The monoisotopic (exact) mass is 522 g/mol. The zero-order valence-corrected chi connectivity index (χ0v) is 17.5. The van der Waals surface area contributed by atoms with Gasteiger partial charge >= 0.3 is 0 Å². The van der Waals surface area contributed by atoms with E-state index in [1.165, 1.54) is 0 Å². The van der Waals surface area contributed by atoms with Gasteiger partial charge in [-0.05, 0) is 24.4 Å². The lowest BCUT2D eigenvalue weighted by atomic mass is 10.3. The second-order valence-electron chi connectivity index (χ2n) is 5.49. The molecule has 0 atom stereocenters. The molecule has 0 aliphatic rings. The topological polar surface area (TPSA) is 87.2 Å². The van der Waals surface area contributed by atoms with Crippen molar-refractivity contribution in [2.75, 3.05) is 0 Å². The molecule has 0 saturated heterocycles. The lowest BCUT2D eigenvalue weighted by Crippen LogP contribution is -2.02. The molecule has 0 radical (unpaired) electrons. The Hall–Kier alpha value is -1.30. The Bertz CT molecular complexity index is 1020. The first-order chi connectivity index (χ1) is 12.5. The molecule has 0 N–H and O–H groups in total. The average molecular weight is 524 g/mol. The molecule has 26 heavy (non-hydrogen) atoms. The standard InChI is InChI=1S/C14H10Cl3IN8/c15-9-7-11(23-13(17)21-9)19-5-25(7)3-1-2-4-26-6-20-12-8(26)10(16)22-14(18)24-12/h5-6H,1-4H2. The van der Waals surface area contributed by atoms with Gasteiger partial charge in [0.2, 0.25) is 5.28 Å². The fourth-order valence-corrected chi connectivity index (χ4v) is 4.09. The molecule has 4 aromatic heterocycles. The van der Waals surface area contributed by atoms with Gasteiger partial charge in [-0.2, -0.15) is 4.98 Å². The third-order valence-electron chi connectivity index (χ3n) is 3.85. The second-order valence-corrected chi connectivity index (χ2v) is 7.51. The summed E-state index contributed by atoms with van der Waals surface area (Å²) in [6.07, 6.45) is 5.23. The molecule has 0 aliphatic carbocycles. The minimum Gasteiger partial charge on any atom is -0.327 e. The van der Waals surface area contributed by atoms with E-state index in [1.54, 1.807) is 12.7 Å². The van der Waals surface area contributed by atoms with Crippen LogP contribution in [0.5, 0.6) is 0 Å². The van der Waals surface area contributed by atoms with Crippen molar-refractivity contribution >= 4 is 79.7 Å². The highest BCUT2D eigenvalue weighted by Gasteiger charge is 2.12. The normalized spacial score (nSPS) is 11.7. The Balaban J connectivity index is 1.45. The van der Waals surface area contributed by atoms with Gasteiger partial charge in [0.15, 0.2) is 25.4 Å². The average Bonchev–Trinajstić information content (AvgIpc) is 3.15. The predicted octanol–water partition coefficient (Wildman–Crippen LogP) is 4.01. The van der Waals surface area contributed by atoms with Crippen LogP contribution in [0.2, 0.25) is 15.6 Å². The molecule has 134 valence electrons. The molecule has 8 nitrogen and oxygen atoms in total. The van der Waals surface area contributed by atoms with Crippen molar-refractivity contribution in [3.8, 4) is 0 Å². The van der Waals surface area contributed by atoms with Crippen LogP contribution in [-0.2, 0) is 13.1 Å². The van der Waals surface area contributed by atoms with Crippen molar-refractivity contribution in [3.05, 3.63) is 32.1 Å². The number of unbranched alkanes of at least 4 members (excludes halogenated alkanes) is 1. The highest BCUT2D eigenvalue weighted by atomic mass is 127. The molecule has 4 aromatic rings. The first kappa shape index (κ1) is 18.1. The molecule has 0 aliphatic heterocycles. The van der Waals surface area contributed by atoms with E-state index >= 15 is 0 Å². The molecule has 0 amide bonds. The third kappa shape index (κ3) is 3.45. The van der Waals surface area contributed by atoms with Crippen LogP contribution in [0.3, 0.4) is 0 Å². The number of halogens is 4. The summed E-state index contributed by atoms with van der Waals surface area (Å²) in [4.78, 5) is 25.0. The number of aryl methyl sites for hydroxylation is 2. The summed E-state index contributed by atoms with van der Waals surface area (Å²) in [7, 11) is 0. The second kappa shape index (κ2) is 7.37. The van der Waals surface area contributed by atoms with Gasteiger partial charge in [-0.3, -0.25) is 0 Å². The Morgan fingerprint density at radius 1 is 0.769 bits per heavy atom. The van der Waals surface area contributed by atoms with Crippen molar-refractivity contribution < 1.29 is 0 Å². The minimum atomic E-state index is 0.0912. The van der Waals surface area contributed by atoms with Gasteiger partial charge in [0.05, 0.1) is 12.7 Å². The van der Waals surface area contributed by atoms with Crippen LogP contribution in [0, 0.1) is 3.83 Å². The van der Waals surface area contributed by atoms with E-state index in [2.05, 4.69) is 29.9 Å². The van der Waals surface area contributed by atoms with Gasteiger partial charge in [-0.25, -0.2) is 24.9 Å². The first-order valence-electron chi connectivity index (χ1n) is 7.60. The van der Waals surface area contributed by atoms with Crippen LogP contribution in [-0.4, -0.2) is 39.0 Å². The molecule has 0 aromatic carbocycles. The van der Waals surface area contributed by atoms with Crippen LogP contribution >= 0.6 is 57.4 Å². The first-order valence-corrected chi connectivity index (χ1v) is 9.82. The van der Waals surface area contributed by atoms with Crippen molar-refractivity contribution in [2.24, 2.45) is 0 Å². The lowest BCUT2D eigenvalue weighted by molar-refractivity contribution is 0.565. The maximum atomic E-state index is 6.23. The Labute approximate surface area is 176 Å². The summed E-state index contributed by atoms with van der Waals surface area (Å²) >= 11 is 20.2. The Kier molecular flexibility index (Phi) is 5.13. The molecule has 0 fully saturated rings. The van der Waals surface area contributed by atoms with E-state index in [1.807, 2.05) is 31.7 Å². The predicted molar refractivity (Wildman–Crippen MR) is 108 cm³/mol. The van der Waals surface area contributed by atoms with Crippen LogP contribution in [0.1, 0.15) is 12.8 Å². The molecule has 0 saturated carbocycles. The van der Waals surface area contributed by atoms with Crippen molar-refractivity contribution in [1.82, 2.24) is 39.0 Å². The third-order valence-corrected chi connectivity index (χ3v) is 5.03. The fraction of sp³-hybridized carbons (Fsp3) is 0.286. The minimum absolute atomic E-state index is 0.0912. The largest absolute Gasteiger partial charge is 0.327 e. The van der Waals surface area contributed by atoms with E-state index in [-0.39, 0.29) is 5.28 Å². The van der Waals surface area contributed by atoms with E-state index < -0.39 is 0 Å².